The molecule has 0 unspecified atom stereocenters. The number of benzene rings is 2. The van der Waals surface area contributed by atoms with Crippen molar-refractivity contribution in [2.24, 2.45) is 0 Å². The van der Waals surface area contributed by atoms with E-state index in [0.29, 0.717) is 22.5 Å². The van der Waals surface area contributed by atoms with Crippen LogP contribution in [0.4, 0.5) is 23.1 Å². The molecule has 0 bridgehead atoms. The third-order valence-corrected chi connectivity index (χ3v) is 6.78. The number of methoxy groups -OCH3 is 1. The van der Waals surface area contributed by atoms with Gasteiger partial charge in [-0.05, 0) is 48.2 Å². The number of fused-ring (bicyclic) bond motifs is 1. The summed E-state index contributed by atoms with van der Waals surface area (Å²) in [6.45, 7) is 3.67. The van der Waals surface area contributed by atoms with Gasteiger partial charge >= 0.3 is 0 Å². The zero-order valence-electron chi connectivity index (χ0n) is 20.0. The van der Waals surface area contributed by atoms with E-state index in [-0.39, 0.29) is 21.5 Å². The monoisotopic (exact) mass is 548 g/mol. The third-order valence-electron chi connectivity index (χ3n) is 5.98. The molecule has 2 heterocycles. The van der Waals surface area contributed by atoms with Crippen molar-refractivity contribution in [1.82, 2.24) is 20.2 Å². The van der Waals surface area contributed by atoms with Crippen LogP contribution in [-0.2, 0) is 17.6 Å². The summed E-state index contributed by atoms with van der Waals surface area (Å²) in [7, 11) is 3.26. The number of nitrogens with one attached hydrogen (secondary N) is 3. The maximum atomic E-state index is 12.4. The summed E-state index contributed by atoms with van der Waals surface area (Å²) in [5, 5.41) is 9.77. The van der Waals surface area contributed by atoms with Crippen LogP contribution in [0, 0.1) is 0 Å². The molecule has 11 heteroatoms. The highest BCUT2D eigenvalue weighted by Gasteiger charge is 2.18. The van der Waals surface area contributed by atoms with Crippen LogP contribution in [0.2, 0.25) is 15.1 Å². The van der Waals surface area contributed by atoms with E-state index in [4.69, 9.17) is 39.5 Å². The van der Waals surface area contributed by atoms with Crippen LogP contribution in [0.1, 0.15) is 21.5 Å². The highest BCUT2D eigenvalue weighted by molar-refractivity contribution is 6.38. The second-order valence-corrected chi connectivity index (χ2v) is 9.60. The van der Waals surface area contributed by atoms with E-state index < -0.39 is 0 Å². The van der Waals surface area contributed by atoms with Crippen LogP contribution in [0.25, 0.3) is 0 Å². The first-order chi connectivity index (χ1) is 17.4. The minimum absolute atomic E-state index is 0.260. The lowest BCUT2D eigenvalue weighted by atomic mass is 10.0. The predicted octanol–water partition coefficient (Wildman–Crippen LogP) is 5.33. The molecule has 1 amide bonds. The van der Waals surface area contributed by atoms with Crippen molar-refractivity contribution in [3.8, 4) is 0 Å². The van der Waals surface area contributed by atoms with Crippen molar-refractivity contribution < 1.29 is 9.53 Å². The van der Waals surface area contributed by atoms with Gasteiger partial charge in [0.1, 0.15) is 5.02 Å². The molecule has 3 aromatic rings. The molecule has 0 atom stereocenters. The fourth-order valence-corrected chi connectivity index (χ4v) is 4.75. The molecular weight excluding hydrogens is 523 g/mol. The van der Waals surface area contributed by atoms with E-state index in [2.05, 4.69) is 43.0 Å². The Bertz CT molecular complexity index is 1260. The van der Waals surface area contributed by atoms with Crippen molar-refractivity contribution in [3.05, 3.63) is 68.3 Å². The third kappa shape index (κ3) is 6.38. The molecule has 1 aliphatic rings. The van der Waals surface area contributed by atoms with Gasteiger partial charge in [-0.2, -0.15) is 4.98 Å². The molecule has 0 radical (unpaired) electrons. The summed E-state index contributed by atoms with van der Waals surface area (Å²) in [6.07, 6.45) is 3.44. The van der Waals surface area contributed by atoms with E-state index in [0.717, 1.165) is 44.8 Å². The van der Waals surface area contributed by atoms with Gasteiger partial charge < -0.3 is 25.6 Å². The smallest absolute Gasteiger partial charge is 0.253 e. The maximum Gasteiger partial charge on any atom is 0.253 e. The number of nitrogens with zero attached hydrogens (tertiary/aromatic N) is 3. The average molecular weight is 550 g/mol. The van der Waals surface area contributed by atoms with Gasteiger partial charge in [0.25, 0.3) is 5.91 Å². The van der Waals surface area contributed by atoms with Crippen molar-refractivity contribution in [2.45, 2.75) is 12.8 Å². The number of carbonyl (C=O) groups excluding carboxylic acids is 1. The standard InChI is InChI=1S/C25H27Cl3N6O2/c1-29-24(35)19-12-17(26)13-20(27)22(19)32-23-21(28)14-30-25(33-23)31-18-4-3-15-5-7-34(9-10-36-2)8-6-16(15)11-18/h3-4,11-14H,5-10H2,1-2H3,(H,29,35)(H2,30,31,32,33). The quantitative estimate of drug-likeness (QED) is 0.350. The van der Waals surface area contributed by atoms with Crippen LogP contribution in [-0.4, -0.2) is 61.2 Å². The molecule has 0 fully saturated rings. The second-order valence-electron chi connectivity index (χ2n) is 8.35. The van der Waals surface area contributed by atoms with Crippen molar-refractivity contribution in [2.75, 3.05) is 51.0 Å². The van der Waals surface area contributed by atoms with Crippen LogP contribution in [0.3, 0.4) is 0 Å². The molecule has 0 spiro atoms. The molecule has 0 aliphatic carbocycles. The maximum absolute atomic E-state index is 12.4. The first kappa shape index (κ1) is 26.4. The van der Waals surface area contributed by atoms with Gasteiger partial charge in [-0.1, -0.05) is 40.9 Å². The second kappa shape index (κ2) is 12.1. The number of halogens is 3. The SMILES string of the molecule is CNC(=O)c1cc(Cl)cc(Cl)c1Nc1nc(Nc2ccc3c(c2)CCN(CCOC)CC3)ncc1Cl. The molecule has 0 saturated carbocycles. The lowest BCUT2D eigenvalue weighted by Gasteiger charge is -2.18. The first-order valence-electron chi connectivity index (χ1n) is 11.5. The number of hydrogen-bond donors (Lipinski definition) is 3. The molecule has 36 heavy (non-hydrogen) atoms. The predicted molar refractivity (Wildman–Crippen MR) is 146 cm³/mol. The number of aromatic nitrogens is 2. The van der Waals surface area contributed by atoms with Gasteiger partial charge in [0.2, 0.25) is 5.95 Å². The minimum atomic E-state index is -0.351. The minimum Gasteiger partial charge on any atom is -0.383 e. The van der Waals surface area contributed by atoms with Crippen LogP contribution in [0.15, 0.2) is 36.5 Å². The van der Waals surface area contributed by atoms with Crippen molar-refractivity contribution in [1.29, 1.82) is 0 Å². The Hall–Kier alpha value is -2.62. The van der Waals surface area contributed by atoms with E-state index in [1.165, 1.54) is 36.5 Å². The molecule has 1 aliphatic heterocycles. The van der Waals surface area contributed by atoms with Crippen LogP contribution >= 0.6 is 34.8 Å². The summed E-state index contributed by atoms with van der Waals surface area (Å²) in [6, 6.07) is 9.37. The highest BCUT2D eigenvalue weighted by Crippen LogP contribution is 2.34. The summed E-state index contributed by atoms with van der Waals surface area (Å²) < 4.78 is 5.23. The lowest BCUT2D eigenvalue weighted by Crippen LogP contribution is -2.29. The number of carbonyl (C=O) groups is 1. The van der Waals surface area contributed by atoms with E-state index in [1.54, 1.807) is 7.11 Å². The summed E-state index contributed by atoms with van der Waals surface area (Å²) in [4.78, 5) is 23.6. The average Bonchev–Trinajstić information content (AvgIpc) is 3.07. The summed E-state index contributed by atoms with van der Waals surface area (Å²) in [5.74, 6) is 0.298. The van der Waals surface area contributed by atoms with E-state index in [9.17, 15) is 4.79 Å². The van der Waals surface area contributed by atoms with Gasteiger partial charge in [-0.25, -0.2) is 4.98 Å². The fourth-order valence-electron chi connectivity index (χ4n) is 4.07. The van der Waals surface area contributed by atoms with E-state index >= 15 is 0 Å². The van der Waals surface area contributed by atoms with Crippen LogP contribution in [0.5, 0.6) is 0 Å². The number of amides is 1. The number of hydrogen-bond acceptors (Lipinski definition) is 7. The Balaban J connectivity index is 1.54. The normalized spacial score (nSPS) is 13.6. The summed E-state index contributed by atoms with van der Waals surface area (Å²) in [5.41, 5.74) is 4.14. The zero-order chi connectivity index (χ0) is 25.7. The molecule has 0 saturated heterocycles. The molecule has 2 aromatic carbocycles. The van der Waals surface area contributed by atoms with Gasteiger partial charge in [-0.15, -0.1) is 0 Å². The van der Waals surface area contributed by atoms with Gasteiger partial charge in [-0.3, -0.25) is 4.79 Å². The number of anilines is 4. The van der Waals surface area contributed by atoms with Crippen molar-refractivity contribution in [3.63, 3.8) is 0 Å². The Kier molecular flexibility index (Phi) is 8.87. The topological polar surface area (TPSA) is 91.4 Å². The van der Waals surface area contributed by atoms with Crippen LogP contribution < -0.4 is 16.0 Å². The zero-order valence-corrected chi connectivity index (χ0v) is 22.3. The first-order valence-corrected chi connectivity index (χ1v) is 12.6. The summed E-state index contributed by atoms with van der Waals surface area (Å²) >= 11 is 18.9. The Morgan fingerprint density at radius 2 is 1.83 bits per heavy atom. The van der Waals surface area contributed by atoms with E-state index in [1.807, 2.05) is 6.07 Å². The molecule has 3 N–H and O–H groups in total. The largest absolute Gasteiger partial charge is 0.383 e. The molecule has 8 nitrogen and oxygen atoms in total. The Morgan fingerprint density at radius 3 is 2.58 bits per heavy atom. The number of rotatable bonds is 8. The number of ether oxygens (including phenoxy) is 1. The molecule has 1 aromatic heterocycles. The fraction of sp³-hybridized carbons (Fsp3) is 0.320. The Labute approximate surface area is 225 Å². The lowest BCUT2D eigenvalue weighted by molar-refractivity contribution is 0.0964. The van der Waals surface area contributed by atoms with Crippen molar-refractivity contribution >= 4 is 63.9 Å². The van der Waals surface area contributed by atoms with Gasteiger partial charge in [0, 0.05) is 44.5 Å². The Morgan fingerprint density at radius 1 is 1.06 bits per heavy atom. The molecule has 4 rings (SSSR count). The molecule has 190 valence electrons. The van der Waals surface area contributed by atoms with Gasteiger partial charge in [0.05, 0.1) is 29.1 Å². The highest BCUT2D eigenvalue weighted by atomic mass is 35.5. The molecular formula is C25H27Cl3N6O2. The van der Waals surface area contributed by atoms with Gasteiger partial charge in [0.15, 0.2) is 5.82 Å².